The summed E-state index contributed by atoms with van der Waals surface area (Å²) >= 11 is 0. The Labute approximate surface area is 129 Å². The Bertz CT molecular complexity index is 545. The van der Waals surface area contributed by atoms with Gasteiger partial charge in [0.05, 0.1) is 11.1 Å². The molecule has 116 valence electrons. The molecule has 1 atom stereocenters. The molecule has 0 spiro atoms. The highest BCUT2D eigenvalue weighted by Crippen LogP contribution is 2.27. The highest BCUT2D eigenvalue weighted by atomic mass is 35.5. The molecule has 1 heterocycles. The summed E-state index contributed by atoms with van der Waals surface area (Å²) in [6, 6.07) is 4.11. The van der Waals surface area contributed by atoms with Crippen LogP contribution in [0.25, 0.3) is 0 Å². The van der Waals surface area contributed by atoms with Crippen LogP contribution in [0.5, 0.6) is 0 Å². The van der Waals surface area contributed by atoms with E-state index in [2.05, 4.69) is 16.0 Å². The summed E-state index contributed by atoms with van der Waals surface area (Å²) < 4.78 is 13.5. The van der Waals surface area contributed by atoms with E-state index in [4.69, 9.17) is 0 Å². The number of carbonyl (C=O) groups excluding carboxylic acids is 2. The van der Waals surface area contributed by atoms with Crippen LogP contribution in [0.3, 0.4) is 0 Å². The Hall–Kier alpha value is -1.66. The average molecular weight is 316 g/mol. The number of halogens is 2. The van der Waals surface area contributed by atoms with Crippen molar-refractivity contribution in [1.29, 1.82) is 0 Å². The molecule has 1 unspecified atom stereocenters. The number of rotatable bonds is 3. The first-order valence-corrected chi connectivity index (χ1v) is 6.50. The van der Waals surface area contributed by atoms with Gasteiger partial charge in [-0.1, -0.05) is 0 Å². The number of hydrogen-bond acceptors (Lipinski definition) is 3. The minimum absolute atomic E-state index is 0. The monoisotopic (exact) mass is 315 g/mol. The van der Waals surface area contributed by atoms with Gasteiger partial charge in [0.2, 0.25) is 11.8 Å². The Morgan fingerprint density at radius 2 is 2.05 bits per heavy atom. The van der Waals surface area contributed by atoms with Gasteiger partial charge in [-0.05, 0) is 38.1 Å². The van der Waals surface area contributed by atoms with Gasteiger partial charge in [-0.3, -0.25) is 9.59 Å². The van der Waals surface area contributed by atoms with Crippen LogP contribution in [0.4, 0.5) is 15.8 Å². The average Bonchev–Trinajstić information content (AvgIpc) is 2.81. The van der Waals surface area contributed by atoms with Crippen molar-refractivity contribution < 1.29 is 14.0 Å². The standard InChI is InChI=1S/C14H18FN3O2.ClH/c1-9(19)17-12-7-10(3-4-11(12)15)18-13(20)14(2)5-6-16-8-14;/h3-4,7,16H,5-6,8H2,1-2H3,(H,17,19)(H,18,20);1H. The van der Waals surface area contributed by atoms with Crippen LogP contribution >= 0.6 is 12.4 Å². The Morgan fingerprint density at radius 1 is 1.33 bits per heavy atom. The minimum Gasteiger partial charge on any atom is -0.325 e. The lowest BCUT2D eigenvalue weighted by atomic mass is 9.89. The maximum Gasteiger partial charge on any atom is 0.231 e. The SMILES string of the molecule is CC(=O)Nc1cc(NC(=O)C2(C)CCNC2)ccc1F.Cl. The van der Waals surface area contributed by atoms with E-state index in [0.717, 1.165) is 13.0 Å². The van der Waals surface area contributed by atoms with Crippen molar-refractivity contribution in [1.82, 2.24) is 5.32 Å². The lowest BCUT2D eigenvalue weighted by Crippen LogP contribution is -2.35. The third kappa shape index (κ3) is 4.15. The molecule has 3 N–H and O–H groups in total. The zero-order valence-electron chi connectivity index (χ0n) is 12.0. The predicted molar refractivity (Wildman–Crippen MR) is 82.2 cm³/mol. The molecule has 1 saturated heterocycles. The number of benzene rings is 1. The van der Waals surface area contributed by atoms with E-state index in [0.29, 0.717) is 12.2 Å². The number of anilines is 2. The molecule has 1 fully saturated rings. The maximum absolute atomic E-state index is 13.5. The molecule has 21 heavy (non-hydrogen) atoms. The van der Waals surface area contributed by atoms with E-state index in [1.54, 1.807) is 0 Å². The van der Waals surface area contributed by atoms with Crippen molar-refractivity contribution in [3.8, 4) is 0 Å². The molecular formula is C14H19ClFN3O2. The fraction of sp³-hybridized carbons (Fsp3) is 0.429. The first-order valence-electron chi connectivity index (χ1n) is 6.50. The maximum atomic E-state index is 13.5. The van der Waals surface area contributed by atoms with Crippen molar-refractivity contribution in [2.24, 2.45) is 5.41 Å². The van der Waals surface area contributed by atoms with Crippen molar-refractivity contribution in [3.63, 3.8) is 0 Å². The summed E-state index contributed by atoms with van der Waals surface area (Å²) in [6.45, 7) is 4.62. The second-order valence-corrected chi connectivity index (χ2v) is 5.32. The zero-order valence-corrected chi connectivity index (χ0v) is 12.8. The molecule has 2 amide bonds. The quantitative estimate of drug-likeness (QED) is 0.800. The van der Waals surface area contributed by atoms with Crippen LogP contribution < -0.4 is 16.0 Å². The lowest BCUT2D eigenvalue weighted by Gasteiger charge is -2.21. The fourth-order valence-corrected chi connectivity index (χ4v) is 2.18. The molecule has 1 aromatic carbocycles. The molecule has 1 aromatic rings. The third-order valence-electron chi connectivity index (χ3n) is 3.45. The van der Waals surface area contributed by atoms with E-state index in [1.165, 1.54) is 25.1 Å². The van der Waals surface area contributed by atoms with Crippen LogP contribution in [0.2, 0.25) is 0 Å². The normalized spacial score (nSPS) is 20.5. The number of amides is 2. The zero-order chi connectivity index (χ0) is 14.8. The van der Waals surface area contributed by atoms with E-state index in [-0.39, 0.29) is 29.9 Å². The molecule has 0 saturated carbocycles. The molecule has 0 aromatic heterocycles. The van der Waals surface area contributed by atoms with Crippen molar-refractivity contribution in [2.75, 3.05) is 23.7 Å². The summed E-state index contributed by atoms with van der Waals surface area (Å²) in [5.41, 5.74) is 0.0704. The van der Waals surface area contributed by atoms with Gasteiger partial charge in [0.1, 0.15) is 5.82 Å². The smallest absolute Gasteiger partial charge is 0.231 e. The fourth-order valence-electron chi connectivity index (χ4n) is 2.18. The molecule has 1 aliphatic heterocycles. The van der Waals surface area contributed by atoms with Gasteiger partial charge in [-0.25, -0.2) is 4.39 Å². The number of nitrogens with one attached hydrogen (secondary N) is 3. The van der Waals surface area contributed by atoms with Gasteiger partial charge in [-0.2, -0.15) is 0 Å². The highest BCUT2D eigenvalue weighted by molar-refractivity contribution is 5.96. The summed E-state index contributed by atoms with van der Waals surface area (Å²) in [5.74, 6) is -1.01. The van der Waals surface area contributed by atoms with E-state index in [9.17, 15) is 14.0 Å². The van der Waals surface area contributed by atoms with E-state index in [1.807, 2.05) is 6.92 Å². The Morgan fingerprint density at radius 3 is 2.62 bits per heavy atom. The van der Waals surface area contributed by atoms with Crippen LogP contribution in [0.1, 0.15) is 20.3 Å². The second-order valence-electron chi connectivity index (χ2n) is 5.32. The lowest BCUT2D eigenvalue weighted by molar-refractivity contribution is -0.123. The van der Waals surface area contributed by atoms with Crippen molar-refractivity contribution in [2.45, 2.75) is 20.3 Å². The van der Waals surface area contributed by atoms with Gasteiger partial charge in [0, 0.05) is 19.2 Å². The molecule has 1 aliphatic rings. The Balaban J connectivity index is 0.00000220. The largest absolute Gasteiger partial charge is 0.325 e. The van der Waals surface area contributed by atoms with Crippen molar-refractivity contribution in [3.05, 3.63) is 24.0 Å². The third-order valence-corrected chi connectivity index (χ3v) is 3.45. The first kappa shape index (κ1) is 17.4. The Kier molecular flexibility index (Phi) is 5.69. The van der Waals surface area contributed by atoms with Crippen LogP contribution in [-0.4, -0.2) is 24.9 Å². The second kappa shape index (κ2) is 6.87. The van der Waals surface area contributed by atoms with Crippen LogP contribution in [0, 0.1) is 11.2 Å². The summed E-state index contributed by atoms with van der Waals surface area (Å²) in [7, 11) is 0. The summed E-state index contributed by atoms with van der Waals surface area (Å²) in [6.07, 6.45) is 0.762. The molecular weight excluding hydrogens is 297 g/mol. The van der Waals surface area contributed by atoms with Crippen LogP contribution in [-0.2, 0) is 9.59 Å². The van der Waals surface area contributed by atoms with Gasteiger partial charge in [0.15, 0.2) is 0 Å². The van der Waals surface area contributed by atoms with Crippen LogP contribution in [0.15, 0.2) is 18.2 Å². The van der Waals surface area contributed by atoms with E-state index >= 15 is 0 Å². The number of carbonyl (C=O) groups is 2. The van der Waals surface area contributed by atoms with Gasteiger partial charge in [0.25, 0.3) is 0 Å². The van der Waals surface area contributed by atoms with E-state index < -0.39 is 11.2 Å². The molecule has 5 nitrogen and oxygen atoms in total. The van der Waals surface area contributed by atoms with Gasteiger partial charge >= 0.3 is 0 Å². The minimum atomic E-state index is -0.535. The number of hydrogen-bond donors (Lipinski definition) is 3. The summed E-state index contributed by atoms with van der Waals surface area (Å²) in [4.78, 5) is 23.2. The summed E-state index contributed by atoms with van der Waals surface area (Å²) in [5, 5.41) is 8.30. The van der Waals surface area contributed by atoms with Crippen molar-refractivity contribution >= 4 is 35.6 Å². The molecule has 0 radical (unpaired) electrons. The molecule has 0 bridgehead atoms. The molecule has 0 aliphatic carbocycles. The highest BCUT2D eigenvalue weighted by Gasteiger charge is 2.36. The topological polar surface area (TPSA) is 70.2 Å². The first-order chi connectivity index (χ1) is 9.40. The predicted octanol–water partition coefficient (Wildman–Crippen LogP) is 2.14. The van der Waals surface area contributed by atoms with Gasteiger partial charge < -0.3 is 16.0 Å². The molecule has 7 heteroatoms. The molecule has 2 rings (SSSR count). The van der Waals surface area contributed by atoms with Gasteiger partial charge in [-0.15, -0.1) is 12.4 Å².